The highest BCUT2D eigenvalue weighted by molar-refractivity contribution is 5.99. The first-order chi connectivity index (χ1) is 10.6. The second kappa shape index (κ2) is 7.51. The van der Waals surface area contributed by atoms with Gasteiger partial charge in [0.15, 0.2) is 0 Å². The predicted octanol–water partition coefficient (Wildman–Crippen LogP) is 2.47. The minimum atomic E-state index is -0.423. The summed E-state index contributed by atoms with van der Waals surface area (Å²) in [5.74, 6) is -0.470. The van der Waals surface area contributed by atoms with Crippen LogP contribution in [0.4, 0.5) is 15.9 Å². The van der Waals surface area contributed by atoms with Crippen molar-refractivity contribution in [3.8, 4) is 0 Å². The fourth-order valence-corrected chi connectivity index (χ4v) is 1.95. The summed E-state index contributed by atoms with van der Waals surface area (Å²) in [6.07, 6.45) is 1.99. The number of anilines is 2. The van der Waals surface area contributed by atoms with Crippen LogP contribution in [0.15, 0.2) is 42.6 Å². The van der Waals surface area contributed by atoms with Gasteiger partial charge in [0.05, 0.1) is 11.3 Å². The Labute approximate surface area is 128 Å². The Balaban J connectivity index is 2.20. The number of aromatic nitrogens is 1. The molecule has 1 aromatic carbocycles. The zero-order chi connectivity index (χ0) is 15.9. The Morgan fingerprint density at radius 1 is 1.32 bits per heavy atom. The van der Waals surface area contributed by atoms with Gasteiger partial charge in [-0.05, 0) is 37.6 Å². The number of amides is 1. The molecule has 2 aromatic rings. The molecule has 0 bridgehead atoms. The molecule has 0 aliphatic rings. The molecule has 3 N–H and O–H groups in total. The zero-order valence-corrected chi connectivity index (χ0v) is 12.2. The fraction of sp³-hybridized carbons (Fsp3) is 0.250. The number of hydrogen-bond donors (Lipinski definition) is 3. The van der Waals surface area contributed by atoms with E-state index < -0.39 is 5.82 Å². The van der Waals surface area contributed by atoms with Crippen molar-refractivity contribution < 1.29 is 14.3 Å². The zero-order valence-electron chi connectivity index (χ0n) is 12.2. The van der Waals surface area contributed by atoms with Gasteiger partial charge in [-0.1, -0.05) is 12.1 Å². The number of benzene rings is 1. The summed E-state index contributed by atoms with van der Waals surface area (Å²) >= 11 is 0. The molecule has 22 heavy (non-hydrogen) atoms. The third kappa shape index (κ3) is 4.02. The molecule has 6 heteroatoms. The normalized spacial score (nSPS) is 11.8. The Hall–Kier alpha value is -2.47. The molecule has 1 atom stereocenters. The number of nitrogens with zero attached hydrogens (tertiary/aromatic N) is 1. The molecule has 1 heterocycles. The van der Waals surface area contributed by atoms with Gasteiger partial charge in [0.2, 0.25) is 0 Å². The Kier molecular flexibility index (Phi) is 5.43. The molecule has 1 amide bonds. The summed E-state index contributed by atoms with van der Waals surface area (Å²) < 4.78 is 13.7. The second-order valence-electron chi connectivity index (χ2n) is 4.89. The topological polar surface area (TPSA) is 74.2 Å². The summed E-state index contributed by atoms with van der Waals surface area (Å²) in [4.78, 5) is 16.4. The summed E-state index contributed by atoms with van der Waals surface area (Å²) in [7, 11) is 0. The van der Waals surface area contributed by atoms with Crippen LogP contribution in [-0.4, -0.2) is 28.6 Å². The van der Waals surface area contributed by atoms with Crippen molar-refractivity contribution in [1.82, 2.24) is 10.3 Å². The van der Waals surface area contributed by atoms with Crippen LogP contribution in [0.3, 0.4) is 0 Å². The number of carbonyl (C=O) groups excluding carboxylic acids is 1. The largest absolute Gasteiger partial charge is 0.396 e. The predicted molar refractivity (Wildman–Crippen MR) is 82.6 cm³/mol. The molecular weight excluding hydrogens is 285 g/mol. The lowest BCUT2D eigenvalue weighted by Gasteiger charge is -2.15. The van der Waals surface area contributed by atoms with Crippen LogP contribution < -0.4 is 10.6 Å². The van der Waals surface area contributed by atoms with Gasteiger partial charge in [-0.3, -0.25) is 4.79 Å². The number of halogens is 1. The lowest BCUT2D eigenvalue weighted by atomic mass is 10.2. The Bertz CT molecular complexity index is 649. The molecule has 116 valence electrons. The van der Waals surface area contributed by atoms with Crippen LogP contribution in [0.1, 0.15) is 23.7 Å². The molecule has 1 aromatic heterocycles. The molecule has 0 radical (unpaired) electrons. The first-order valence-electron chi connectivity index (χ1n) is 7.00. The number of rotatable bonds is 6. The van der Waals surface area contributed by atoms with Crippen LogP contribution in [0.5, 0.6) is 0 Å². The van der Waals surface area contributed by atoms with E-state index in [-0.39, 0.29) is 30.1 Å². The highest BCUT2D eigenvalue weighted by Gasteiger charge is 2.15. The van der Waals surface area contributed by atoms with Gasteiger partial charge in [-0.2, -0.15) is 0 Å². The lowest BCUT2D eigenvalue weighted by molar-refractivity contribution is 0.0935. The van der Waals surface area contributed by atoms with Crippen molar-refractivity contribution in [1.29, 1.82) is 0 Å². The van der Waals surface area contributed by atoms with Crippen molar-refractivity contribution in [2.45, 2.75) is 19.4 Å². The molecule has 0 aliphatic heterocycles. The first kappa shape index (κ1) is 15.9. The van der Waals surface area contributed by atoms with E-state index in [1.165, 1.54) is 12.3 Å². The van der Waals surface area contributed by atoms with Crippen molar-refractivity contribution in [3.63, 3.8) is 0 Å². The van der Waals surface area contributed by atoms with Gasteiger partial charge in [0, 0.05) is 18.8 Å². The van der Waals surface area contributed by atoms with Crippen LogP contribution in [0, 0.1) is 5.82 Å². The maximum Gasteiger partial charge on any atom is 0.255 e. The smallest absolute Gasteiger partial charge is 0.255 e. The molecule has 0 aliphatic carbocycles. The van der Waals surface area contributed by atoms with Crippen LogP contribution >= 0.6 is 0 Å². The van der Waals surface area contributed by atoms with E-state index in [1.54, 1.807) is 37.3 Å². The molecule has 0 fully saturated rings. The molecule has 0 saturated heterocycles. The number of aliphatic hydroxyl groups excluding tert-OH is 1. The number of carbonyl (C=O) groups is 1. The van der Waals surface area contributed by atoms with E-state index in [0.29, 0.717) is 12.0 Å². The maximum atomic E-state index is 13.7. The molecule has 0 saturated carbocycles. The molecule has 0 spiro atoms. The van der Waals surface area contributed by atoms with E-state index >= 15 is 0 Å². The first-order valence-corrected chi connectivity index (χ1v) is 7.00. The average Bonchev–Trinajstić information content (AvgIpc) is 2.50. The van der Waals surface area contributed by atoms with E-state index in [2.05, 4.69) is 15.6 Å². The minimum Gasteiger partial charge on any atom is -0.396 e. The van der Waals surface area contributed by atoms with Gasteiger partial charge >= 0.3 is 0 Å². The Morgan fingerprint density at radius 3 is 2.82 bits per heavy atom. The van der Waals surface area contributed by atoms with Crippen molar-refractivity contribution in [2.75, 3.05) is 11.9 Å². The molecule has 2 rings (SSSR count). The highest BCUT2D eigenvalue weighted by atomic mass is 19.1. The molecule has 0 unspecified atom stereocenters. The van der Waals surface area contributed by atoms with Crippen LogP contribution in [0.2, 0.25) is 0 Å². The summed E-state index contributed by atoms with van der Waals surface area (Å²) in [6, 6.07) is 9.25. The number of nitrogens with one attached hydrogen (secondary N) is 2. The van der Waals surface area contributed by atoms with E-state index in [9.17, 15) is 9.18 Å². The Morgan fingerprint density at radius 2 is 2.09 bits per heavy atom. The van der Waals surface area contributed by atoms with Gasteiger partial charge in [0.1, 0.15) is 11.6 Å². The van der Waals surface area contributed by atoms with E-state index in [0.717, 1.165) is 0 Å². The van der Waals surface area contributed by atoms with Crippen molar-refractivity contribution in [2.24, 2.45) is 0 Å². The number of para-hydroxylation sites is 1. The number of aliphatic hydroxyl groups is 1. The van der Waals surface area contributed by atoms with E-state index in [4.69, 9.17) is 5.11 Å². The fourth-order valence-electron chi connectivity index (χ4n) is 1.95. The standard InChI is InChI=1S/C16H18FN3O2/c1-11(8-10-21)19-16(22)12-5-4-9-18-15(12)20-14-7-3-2-6-13(14)17/h2-7,9,11,21H,8,10H2,1H3,(H,18,20)(H,19,22)/t11-/m1/s1. The van der Waals surface area contributed by atoms with Crippen molar-refractivity contribution in [3.05, 3.63) is 54.0 Å². The third-order valence-corrected chi connectivity index (χ3v) is 3.12. The minimum absolute atomic E-state index is 0.00514. The monoisotopic (exact) mass is 303 g/mol. The van der Waals surface area contributed by atoms with Crippen molar-refractivity contribution >= 4 is 17.4 Å². The van der Waals surface area contributed by atoms with Gasteiger partial charge in [-0.15, -0.1) is 0 Å². The van der Waals surface area contributed by atoms with Gasteiger partial charge in [-0.25, -0.2) is 9.37 Å². The van der Waals surface area contributed by atoms with Gasteiger partial charge < -0.3 is 15.7 Å². The number of pyridine rings is 1. The maximum absolute atomic E-state index is 13.7. The highest BCUT2D eigenvalue weighted by Crippen LogP contribution is 2.20. The molecule has 5 nitrogen and oxygen atoms in total. The van der Waals surface area contributed by atoms with Gasteiger partial charge in [0.25, 0.3) is 5.91 Å². The third-order valence-electron chi connectivity index (χ3n) is 3.12. The average molecular weight is 303 g/mol. The molecular formula is C16H18FN3O2. The van der Waals surface area contributed by atoms with E-state index in [1.807, 2.05) is 0 Å². The second-order valence-corrected chi connectivity index (χ2v) is 4.89. The summed E-state index contributed by atoms with van der Waals surface area (Å²) in [6.45, 7) is 1.79. The lowest BCUT2D eigenvalue weighted by Crippen LogP contribution is -2.33. The quantitative estimate of drug-likeness (QED) is 0.766. The summed E-state index contributed by atoms with van der Waals surface area (Å²) in [5.41, 5.74) is 0.564. The van der Waals surface area contributed by atoms with Crippen LogP contribution in [-0.2, 0) is 0 Å². The van der Waals surface area contributed by atoms with Crippen LogP contribution in [0.25, 0.3) is 0 Å². The number of hydrogen-bond acceptors (Lipinski definition) is 4. The summed E-state index contributed by atoms with van der Waals surface area (Å²) in [5, 5.41) is 14.5. The SMILES string of the molecule is C[C@H](CCO)NC(=O)c1cccnc1Nc1ccccc1F.